The van der Waals surface area contributed by atoms with Crippen LogP contribution in [-0.4, -0.2) is 9.97 Å². The van der Waals surface area contributed by atoms with Crippen molar-refractivity contribution in [1.29, 1.82) is 5.26 Å². The second-order valence-corrected chi connectivity index (χ2v) is 4.36. The number of nitrogens with two attached hydrogens (primary N) is 1. The molecule has 2 aromatic rings. The number of hydrogen-bond donors (Lipinski definition) is 2. The molecule has 19 heavy (non-hydrogen) atoms. The SMILES string of the molecule is Cc1nc(N)c(C)c(Nc2cccc(C)c2C#N)n1. The smallest absolute Gasteiger partial charge is 0.139 e. The molecule has 0 radical (unpaired) electrons. The number of hydrogen-bond acceptors (Lipinski definition) is 5. The van der Waals surface area contributed by atoms with Gasteiger partial charge in [0.1, 0.15) is 23.5 Å². The van der Waals surface area contributed by atoms with E-state index in [1.165, 1.54) is 0 Å². The average Bonchev–Trinajstić information content (AvgIpc) is 2.35. The van der Waals surface area contributed by atoms with Gasteiger partial charge in [0.05, 0.1) is 11.3 Å². The van der Waals surface area contributed by atoms with Gasteiger partial charge in [0.15, 0.2) is 0 Å². The Kier molecular flexibility index (Phi) is 3.34. The summed E-state index contributed by atoms with van der Waals surface area (Å²) in [7, 11) is 0. The third-order valence-electron chi connectivity index (χ3n) is 2.93. The lowest BCUT2D eigenvalue weighted by atomic mass is 10.1. The average molecular weight is 253 g/mol. The Labute approximate surface area is 112 Å². The van der Waals surface area contributed by atoms with E-state index in [9.17, 15) is 5.26 Å². The van der Waals surface area contributed by atoms with Gasteiger partial charge in [0.25, 0.3) is 0 Å². The van der Waals surface area contributed by atoms with Crippen molar-refractivity contribution in [3.05, 3.63) is 40.7 Å². The number of benzene rings is 1. The summed E-state index contributed by atoms with van der Waals surface area (Å²) in [6.07, 6.45) is 0. The molecule has 0 fully saturated rings. The van der Waals surface area contributed by atoms with Crippen LogP contribution in [-0.2, 0) is 0 Å². The van der Waals surface area contributed by atoms with Gasteiger partial charge in [0.2, 0.25) is 0 Å². The molecular weight excluding hydrogens is 238 g/mol. The molecular formula is C14H15N5. The molecule has 5 heteroatoms. The number of aryl methyl sites for hydroxylation is 2. The molecule has 5 nitrogen and oxygen atoms in total. The quantitative estimate of drug-likeness (QED) is 0.858. The summed E-state index contributed by atoms with van der Waals surface area (Å²) in [6, 6.07) is 7.83. The highest BCUT2D eigenvalue weighted by atomic mass is 15.1. The van der Waals surface area contributed by atoms with Gasteiger partial charge in [-0.1, -0.05) is 12.1 Å². The van der Waals surface area contributed by atoms with E-state index in [0.717, 1.165) is 16.8 Å². The van der Waals surface area contributed by atoms with Crippen molar-refractivity contribution < 1.29 is 0 Å². The molecule has 3 N–H and O–H groups in total. The molecule has 1 heterocycles. The molecule has 0 aliphatic carbocycles. The predicted molar refractivity (Wildman–Crippen MR) is 75.1 cm³/mol. The van der Waals surface area contributed by atoms with Crippen molar-refractivity contribution in [2.24, 2.45) is 0 Å². The van der Waals surface area contributed by atoms with Crippen molar-refractivity contribution in [3.8, 4) is 6.07 Å². The summed E-state index contributed by atoms with van der Waals surface area (Å²) in [5.74, 6) is 1.67. The summed E-state index contributed by atoms with van der Waals surface area (Å²) >= 11 is 0. The maximum Gasteiger partial charge on any atom is 0.139 e. The lowest BCUT2D eigenvalue weighted by Crippen LogP contribution is -2.06. The van der Waals surface area contributed by atoms with Crippen molar-refractivity contribution in [2.45, 2.75) is 20.8 Å². The Hall–Kier alpha value is -2.61. The highest BCUT2D eigenvalue weighted by molar-refractivity contribution is 5.69. The van der Waals surface area contributed by atoms with E-state index in [2.05, 4.69) is 21.4 Å². The summed E-state index contributed by atoms with van der Waals surface area (Å²) in [5.41, 5.74) is 8.85. The van der Waals surface area contributed by atoms with Crippen LogP contribution in [0.4, 0.5) is 17.3 Å². The lowest BCUT2D eigenvalue weighted by molar-refractivity contribution is 1.04. The van der Waals surface area contributed by atoms with Crippen molar-refractivity contribution in [1.82, 2.24) is 9.97 Å². The molecule has 96 valence electrons. The van der Waals surface area contributed by atoms with E-state index in [1.807, 2.05) is 32.0 Å². The van der Waals surface area contributed by atoms with Crippen molar-refractivity contribution in [2.75, 3.05) is 11.1 Å². The van der Waals surface area contributed by atoms with E-state index in [-0.39, 0.29) is 0 Å². The predicted octanol–water partition coefficient (Wildman–Crippen LogP) is 2.60. The van der Waals surface area contributed by atoms with E-state index in [1.54, 1.807) is 6.92 Å². The highest BCUT2D eigenvalue weighted by Gasteiger charge is 2.10. The largest absolute Gasteiger partial charge is 0.383 e. The Morgan fingerprint density at radius 2 is 1.95 bits per heavy atom. The lowest BCUT2D eigenvalue weighted by Gasteiger charge is -2.12. The molecule has 0 saturated heterocycles. The fourth-order valence-electron chi connectivity index (χ4n) is 1.82. The Morgan fingerprint density at radius 1 is 1.21 bits per heavy atom. The molecule has 0 amide bonds. The van der Waals surface area contributed by atoms with Gasteiger partial charge >= 0.3 is 0 Å². The maximum absolute atomic E-state index is 9.21. The van der Waals surface area contributed by atoms with Gasteiger partial charge in [-0.05, 0) is 32.4 Å². The van der Waals surface area contributed by atoms with Gasteiger partial charge < -0.3 is 11.1 Å². The number of nitrogen functional groups attached to an aromatic ring is 1. The molecule has 1 aromatic carbocycles. The first-order valence-electron chi connectivity index (χ1n) is 5.90. The minimum atomic E-state index is 0.446. The summed E-state index contributed by atoms with van der Waals surface area (Å²) < 4.78 is 0. The number of nitriles is 1. The zero-order chi connectivity index (χ0) is 14.0. The van der Waals surface area contributed by atoms with Gasteiger partial charge in [-0.3, -0.25) is 0 Å². The monoisotopic (exact) mass is 253 g/mol. The van der Waals surface area contributed by atoms with Crippen molar-refractivity contribution >= 4 is 17.3 Å². The van der Waals surface area contributed by atoms with E-state index in [4.69, 9.17) is 5.73 Å². The van der Waals surface area contributed by atoms with E-state index >= 15 is 0 Å². The van der Waals surface area contributed by atoms with E-state index < -0.39 is 0 Å². The third kappa shape index (κ3) is 2.47. The van der Waals surface area contributed by atoms with Gasteiger partial charge in [-0.2, -0.15) is 5.26 Å². The van der Waals surface area contributed by atoms with Crippen LogP contribution < -0.4 is 11.1 Å². The molecule has 0 aliphatic rings. The Morgan fingerprint density at radius 3 is 2.63 bits per heavy atom. The molecule has 0 aliphatic heterocycles. The standard InChI is InChI=1S/C14H15N5/c1-8-5-4-6-12(11(8)7-15)19-14-9(2)13(16)17-10(3)18-14/h4-6H,1-3H3,(H3,16,17,18,19). The van der Waals surface area contributed by atoms with Gasteiger partial charge in [-0.25, -0.2) is 9.97 Å². The van der Waals surface area contributed by atoms with Crippen LogP contribution in [0.5, 0.6) is 0 Å². The Balaban J connectivity index is 2.48. The summed E-state index contributed by atoms with van der Waals surface area (Å²) in [4.78, 5) is 8.42. The first-order chi connectivity index (χ1) is 9.02. The van der Waals surface area contributed by atoms with E-state index in [0.29, 0.717) is 23.0 Å². The third-order valence-corrected chi connectivity index (χ3v) is 2.93. The second-order valence-electron chi connectivity index (χ2n) is 4.36. The molecule has 2 rings (SSSR count). The number of rotatable bonds is 2. The van der Waals surface area contributed by atoms with Crippen LogP contribution in [0.25, 0.3) is 0 Å². The van der Waals surface area contributed by atoms with Crippen LogP contribution in [0, 0.1) is 32.1 Å². The maximum atomic E-state index is 9.21. The summed E-state index contributed by atoms with van der Waals surface area (Å²) in [6.45, 7) is 5.53. The molecule has 0 unspecified atom stereocenters. The first kappa shape index (κ1) is 12.8. The van der Waals surface area contributed by atoms with Crippen LogP contribution in [0.3, 0.4) is 0 Å². The molecule has 0 saturated carbocycles. The van der Waals surface area contributed by atoms with Crippen LogP contribution in [0.2, 0.25) is 0 Å². The number of nitrogens with one attached hydrogen (secondary N) is 1. The number of anilines is 3. The fourth-order valence-corrected chi connectivity index (χ4v) is 1.82. The van der Waals surface area contributed by atoms with Crippen LogP contribution in [0.15, 0.2) is 18.2 Å². The highest BCUT2D eigenvalue weighted by Crippen LogP contribution is 2.25. The fraction of sp³-hybridized carbons (Fsp3) is 0.214. The topological polar surface area (TPSA) is 87.6 Å². The first-order valence-corrected chi connectivity index (χ1v) is 5.90. The van der Waals surface area contributed by atoms with Crippen molar-refractivity contribution in [3.63, 3.8) is 0 Å². The van der Waals surface area contributed by atoms with Crippen LogP contribution in [0.1, 0.15) is 22.5 Å². The molecule has 0 spiro atoms. The molecule has 0 bridgehead atoms. The normalized spacial score (nSPS) is 10.0. The Bertz CT molecular complexity index is 670. The molecule has 0 atom stereocenters. The summed E-state index contributed by atoms with van der Waals surface area (Å²) in [5, 5.41) is 12.4. The minimum Gasteiger partial charge on any atom is -0.383 e. The second kappa shape index (κ2) is 4.94. The number of nitrogens with zero attached hydrogens (tertiary/aromatic N) is 3. The number of aromatic nitrogens is 2. The zero-order valence-corrected chi connectivity index (χ0v) is 11.2. The minimum absolute atomic E-state index is 0.446. The van der Waals surface area contributed by atoms with Crippen LogP contribution >= 0.6 is 0 Å². The van der Waals surface area contributed by atoms with Gasteiger partial charge in [0, 0.05) is 5.56 Å². The zero-order valence-electron chi connectivity index (χ0n) is 11.2. The molecule has 1 aromatic heterocycles. The van der Waals surface area contributed by atoms with Gasteiger partial charge in [-0.15, -0.1) is 0 Å².